The molecule has 0 radical (unpaired) electrons. The molecule has 1 unspecified atom stereocenters. The summed E-state index contributed by atoms with van der Waals surface area (Å²) in [6.45, 7) is 0.981. The number of amides is 2. The third-order valence-electron chi connectivity index (χ3n) is 4.00. The lowest BCUT2D eigenvalue weighted by Crippen LogP contribution is -2.47. The van der Waals surface area contributed by atoms with Crippen molar-refractivity contribution in [2.24, 2.45) is 0 Å². The van der Waals surface area contributed by atoms with Crippen LogP contribution in [0.15, 0.2) is 11.8 Å². The molecule has 0 aromatic rings. The number of hydrogen-bond donors (Lipinski definition) is 2. The van der Waals surface area contributed by atoms with Crippen LogP contribution in [0.2, 0.25) is 0 Å². The molecule has 1 atom stereocenters. The molecule has 1 saturated carbocycles. The quantitative estimate of drug-likeness (QED) is 0.810. The predicted octanol–water partition coefficient (Wildman–Crippen LogP) is 2.39. The van der Waals surface area contributed by atoms with Crippen molar-refractivity contribution in [3.8, 4) is 0 Å². The third kappa shape index (κ3) is 3.48. The highest BCUT2D eigenvalue weighted by Crippen LogP contribution is 2.23. The van der Waals surface area contributed by atoms with Crippen LogP contribution >= 0.6 is 0 Å². The Morgan fingerprint density at radius 3 is 2.83 bits per heavy atom. The van der Waals surface area contributed by atoms with Gasteiger partial charge in [-0.3, -0.25) is 0 Å². The monoisotopic (exact) mass is 252 g/mol. The number of piperidine rings is 1. The van der Waals surface area contributed by atoms with Gasteiger partial charge in [-0.05, 0) is 51.4 Å². The van der Waals surface area contributed by atoms with Crippen LogP contribution in [0.25, 0.3) is 0 Å². The summed E-state index contributed by atoms with van der Waals surface area (Å²) in [7, 11) is 0. The van der Waals surface area contributed by atoms with E-state index >= 15 is 0 Å². The van der Waals surface area contributed by atoms with Crippen LogP contribution in [0.5, 0.6) is 0 Å². The summed E-state index contributed by atoms with van der Waals surface area (Å²) in [4.78, 5) is 14.0. The van der Waals surface area contributed by atoms with E-state index < -0.39 is 0 Å². The standard InChI is InChI=1S/C14H24N2O2/c17-10-8-13-7-3-4-9-16(13)14(18)15-11-12-5-1-2-6-12/h11,13,17H,1-10H2,(H,15,18). The minimum Gasteiger partial charge on any atom is -0.396 e. The minimum atomic E-state index is 0.00699. The summed E-state index contributed by atoms with van der Waals surface area (Å²) in [5.74, 6) is 0. The average molecular weight is 252 g/mol. The fraction of sp³-hybridized carbons (Fsp3) is 0.786. The molecule has 0 aromatic heterocycles. The maximum absolute atomic E-state index is 12.1. The van der Waals surface area contributed by atoms with Crippen molar-refractivity contribution in [2.75, 3.05) is 13.2 Å². The second-order valence-corrected chi connectivity index (χ2v) is 5.31. The zero-order valence-corrected chi connectivity index (χ0v) is 11.0. The Kier molecular flexibility index (Phi) is 5.05. The minimum absolute atomic E-state index is 0.00699. The third-order valence-corrected chi connectivity index (χ3v) is 4.00. The summed E-state index contributed by atoms with van der Waals surface area (Å²) in [5.41, 5.74) is 1.36. The second-order valence-electron chi connectivity index (χ2n) is 5.31. The molecule has 2 N–H and O–H groups in total. The number of nitrogens with zero attached hydrogens (tertiary/aromatic N) is 1. The summed E-state index contributed by atoms with van der Waals surface area (Å²) >= 11 is 0. The predicted molar refractivity (Wildman–Crippen MR) is 71.1 cm³/mol. The highest BCUT2D eigenvalue weighted by atomic mass is 16.3. The Hall–Kier alpha value is -1.03. The van der Waals surface area contributed by atoms with Gasteiger partial charge in [0.2, 0.25) is 0 Å². The lowest BCUT2D eigenvalue weighted by atomic mass is 10.0. The van der Waals surface area contributed by atoms with Crippen LogP contribution in [0.1, 0.15) is 51.4 Å². The van der Waals surface area contributed by atoms with Gasteiger partial charge in [-0.25, -0.2) is 4.79 Å². The molecule has 4 heteroatoms. The number of carbonyl (C=O) groups excluding carboxylic acids is 1. The van der Waals surface area contributed by atoms with Gasteiger partial charge in [0.15, 0.2) is 0 Å². The normalized spacial score (nSPS) is 24.2. The SMILES string of the molecule is O=C(NC=C1CCCC1)N1CCCCC1CCO. The molecule has 1 aliphatic heterocycles. The van der Waals surface area contributed by atoms with Gasteiger partial charge in [0, 0.05) is 25.4 Å². The molecule has 1 saturated heterocycles. The molecular weight excluding hydrogens is 228 g/mol. The van der Waals surface area contributed by atoms with Gasteiger partial charge >= 0.3 is 6.03 Å². The Labute approximate surface area is 109 Å². The first-order chi connectivity index (χ1) is 8.81. The van der Waals surface area contributed by atoms with Crippen molar-refractivity contribution < 1.29 is 9.90 Å². The molecule has 2 rings (SSSR count). The Bertz CT molecular complexity index is 305. The van der Waals surface area contributed by atoms with Crippen LogP contribution in [0.4, 0.5) is 4.79 Å². The summed E-state index contributed by atoms with van der Waals surface area (Å²) < 4.78 is 0. The highest BCUT2D eigenvalue weighted by molar-refractivity contribution is 5.75. The largest absolute Gasteiger partial charge is 0.396 e. The van der Waals surface area contributed by atoms with Crippen molar-refractivity contribution in [2.45, 2.75) is 57.4 Å². The highest BCUT2D eigenvalue weighted by Gasteiger charge is 2.25. The van der Waals surface area contributed by atoms with Gasteiger partial charge in [0.25, 0.3) is 0 Å². The maximum atomic E-state index is 12.1. The zero-order chi connectivity index (χ0) is 12.8. The molecule has 18 heavy (non-hydrogen) atoms. The lowest BCUT2D eigenvalue weighted by Gasteiger charge is -2.35. The molecule has 0 bridgehead atoms. The van der Waals surface area contributed by atoms with Crippen molar-refractivity contribution in [3.05, 3.63) is 11.8 Å². The van der Waals surface area contributed by atoms with E-state index in [1.165, 1.54) is 18.4 Å². The fourth-order valence-electron chi connectivity index (χ4n) is 2.94. The first-order valence-electron chi connectivity index (χ1n) is 7.17. The number of hydrogen-bond acceptors (Lipinski definition) is 2. The van der Waals surface area contributed by atoms with E-state index in [4.69, 9.17) is 5.11 Å². The number of aliphatic hydroxyl groups is 1. The number of allylic oxidation sites excluding steroid dienone is 1. The van der Waals surface area contributed by atoms with Crippen LogP contribution in [0.3, 0.4) is 0 Å². The van der Waals surface area contributed by atoms with Crippen molar-refractivity contribution in [1.29, 1.82) is 0 Å². The molecule has 1 aliphatic carbocycles. The van der Waals surface area contributed by atoms with Gasteiger partial charge in [0.05, 0.1) is 0 Å². The second kappa shape index (κ2) is 6.78. The fourth-order valence-corrected chi connectivity index (χ4v) is 2.94. The molecule has 2 fully saturated rings. The number of rotatable bonds is 3. The van der Waals surface area contributed by atoms with Gasteiger partial charge in [-0.2, -0.15) is 0 Å². The van der Waals surface area contributed by atoms with E-state index in [0.29, 0.717) is 6.42 Å². The molecule has 0 spiro atoms. The first-order valence-corrected chi connectivity index (χ1v) is 7.17. The van der Waals surface area contributed by atoms with Gasteiger partial charge in [-0.1, -0.05) is 5.57 Å². The average Bonchev–Trinajstić information content (AvgIpc) is 2.90. The van der Waals surface area contributed by atoms with E-state index in [9.17, 15) is 4.79 Å². The van der Waals surface area contributed by atoms with E-state index in [-0.39, 0.29) is 18.7 Å². The molecule has 2 amide bonds. The number of carbonyl (C=O) groups is 1. The van der Waals surface area contributed by atoms with Crippen molar-refractivity contribution >= 4 is 6.03 Å². The Morgan fingerprint density at radius 1 is 1.33 bits per heavy atom. The summed E-state index contributed by atoms with van der Waals surface area (Å²) in [6, 6.07) is 0.221. The molecule has 0 aromatic carbocycles. The van der Waals surface area contributed by atoms with Gasteiger partial charge in [-0.15, -0.1) is 0 Å². The van der Waals surface area contributed by atoms with Crippen LogP contribution < -0.4 is 5.32 Å². The Morgan fingerprint density at radius 2 is 2.11 bits per heavy atom. The van der Waals surface area contributed by atoms with E-state index in [0.717, 1.165) is 38.6 Å². The van der Waals surface area contributed by atoms with Crippen molar-refractivity contribution in [1.82, 2.24) is 10.2 Å². The summed E-state index contributed by atoms with van der Waals surface area (Å²) in [6.07, 6.45) is 10.6. The zero-order valence-electron chi connectivity index (χ0n) is 11.0. The van der Waals surface area contributed by atoms with Crippen LogP contribution in [-0.2, 0) is 0 Å². The van der Waals surface area contributed by atoms with Crippen molar-refractivity contribution in [3.63, 3.8) is 0 Å². The van der Waals surface area contributed by atoms with Crippen LogP contribution in [-0.4, -0.2) is 35.2 Å². The summed E-state index contributed by atoms with van der Waals surface area (Å²) in [5, 5.41) is 12.0. The lowest BCUT2D eigenvalue weighted by molar-refractivity contribution is 0.134. The number of urea groups is 1. The Balaban J connectivity index is 1.87. The van der Waals surface area contributed by atoms with Gasteiger partial charge in [0.1, 0.15) is 0 Å². The molecule has 2 aliphatic rings. The van der Waals surface area contributed by atoms with Gasteiger partial charge < -0.3 is 15.3 Å². The molecule has 4 nitrogen and oxygen atoms in total. The molecule has 1 heterocycles. The number of likely N-dealkylation sites (tertiary alicyclic amines) is 1. The maximum Gasteiger partial charge on any atom is 0.321 e. The van der Waals surface area contributed by atoms with Crippen LogP contribution in [0, 0.1) is 0 Å². The van der Waals surface area contributed by atoms with E-state index in [1.807, 2.05) is 11.1 Å². The van der Waals surface area contributed by atoms with E-state index in [1.54, 1.807) is 0 Å². The molecule has 102 valence electrons. The number of nitrogens with one attached hydrogen (secondary N) is 1. The topological polar surface area (TPSA) is 52.6 Å². The first kappa shape index (κ1) is 13.4. The number of aliphatic hydroxyl groups excluding tert-OH is 1. The van der Waals surface area contributed by atoms with E-state index in [2.05, 4.69) is 5.32 Å². The molecular formula is C14H24N2O2. The smallest absolute Gasteiger partial charge is 0.321 e.